The number of nitrogens with two attached hydrogens (primary N) is 2. The minimum Gasteiger partial charge on any atom is -0.405 e. The largest absolute Gasteiger partial charge is 0.405 e. The van der Waals surface area contributed by atoms with Gasteiger partial charge in [0.2, 0.25) is 5.91 Å². The summed E-state index contributed by atoms with van der Waals surface area (Å²) in [6.07, 6.45) is 4.73. The Balaban J connectivity index is 1.85. The van der Waals surface area contributed by atoms with Crippen LogP contribution in [0.1, 0.15) is 28.8 Å². The number of alkyl halides is 1. The first-order chi connectivity index (χ1) is 13.4. The molecule has 0 bridgehead atoms. The quantitative estimate of drug-likeness (QED) is 0.478. The Labute approximate surface area is 162 Å². The monoisotopic (exact) mass is 389 g/mol. The lowest BCUT2D eigenvalue weighted by atomic mass is 9.93. The number of piperidine rings is 1. The van der Waals surface area contributed by atoms with Gasteiger partial charge in [-0.05, 0) is 36.0 Å². The molecule has 8 nitrogen and oxygen atoms in total. The SMILES string of the molecule is N/C=C\C=C(/N)c1ccc(C(=O)NCC(=O)N2CCC(F)(CN=O)CC2)cc1. The van der Waals surface area contributed by atoms with E-state index >= 15 is 0 Å². The molecule has 1 heterocycles. The molecule has 1 aliphatic rings. The van der Waals surface area contributed by atoms with Crippen LogP contribution in [0.25, 0.3) is 5.70 Å². The highest BCUT2D eigenvalue weighted by Gasteiger charge is 2.36. The molecule has 0 atom stereocenters. The Hall–Kier alpha value is -3.23. The number of amides is 2. The number of carbonyl (C=O) groups excluding carboxylic acids is 2. The van der Waals surface area contributed by atoms with Gasteiger partial charge in [0.15, 0.2) is 0 Å². The van der Waals surface area contributed by atoms with E-state index < -0.39 is 18.1 Å². The average molecular weight is 389 g/mol. The number of rotatable bonds is 7. The molecule has 28 heavy (non-hydrogen) atoms. The summed E-state index contributed by atoms with van der Waals surface area (Å²) in [6.45, 7) is -0.199. The molecule has 150 valence electrons. The van der Waals surface area contributed by atoms with Gasteiger partial charge in [-0.15, -0.1) is 0 Å². The van der Waals surface area contributed by atoms with Crippen molar-refractivity contribution in [3.8, 4) is 0 Å². The third-order valence-electron chi connectivity index (χ3n) is 4.63. The zero-order valence-electron chi connectivity index (χ0n) is 15.4. The molecular formula is C19H24FN5O3. The number of hydrogen-bond acceptors (Lipinski definition) is 6. The van der Waals surface area contributed by atoms with Gasteiger partial charge in [0, 0.05) is 37.2 Å². The van der Waals surface area contributed by atoms with E-state index in [1.807, 2.05) is 0 Å². The summed E-state index contributed by atoms with van der Waals surface area (Å²) in [5.74, 6) is -0.696. The van der Waals surface area contributed by atoms with Crippen molar-refractivity contribution in [1.29, 1.82) is 0 Å². The number of nitroso groups, excluding NO2 is 1. The lowest BCUT2D eigenvalue weighted by molar-refractivity contribution is -0.132. The number of nitrogens with one attached hydrogen (secondary N) is 1. The van der Waals surface area contributed by atoms with Crippen LogP contribution in [-0.4, -0.2) is 48.6 Å². The Bertz CT molecular complexity index is 768. The summed E-state index contributed by atoms with van der Waals surface area (Å²) in [7, 11) is 0. The first-order valence-corrected chi connectivity index (χ1v) is 8.87. The van der Waals surface area contributed by atoms with Gasteiger partial charge in [-0.2, -0.15) is 4.91 Å². The second-order valence-corrected chi connectivity index (χ2v) is 6.59. The second-order valence-electron chi connectivity index (χ2n) is 6.59. The van der Waals surface area contributed by atoms with Crippen LogP contribution in [0.3, 0.4) is 0 Å². The van der Waals surface area contributed by atoms with E-state index in [2.05, 4.69) is 10.5 Å². The van der Waals surface area contributed by atoms with Crippen molar-refractivity contribution in [1.82, 2.24) is 10.2 Å². The van der Waals surface area contributed by atoms with Crippen LogP contribution in [0.15, 0.2) is 47.8 Å². The molecule has 9 heteroatoms. The first kappa shape index (κ1) is 21.1. The van der Waals surface area contributed by atoms with E-state index in [0.29, 0.717) is 11.3 Å². The van der Waals surface area contributed by atoms with Crippen LogP contribution in [0.5, 0.6) is 0 Å². The number of allylic oxidation sites excluding steroid dienone is 2. The van der Waals surface area contributed by atoms with E-state index in [4.69, 9.17) is 11.5 Å². The highest BCUT2D eigenvalue weighted by atomic mass is 19.1. The smallest absolute Gasteiger partial charge is 0.251 e. The van der Waals surface area contributed by atoms with Crippen LogP contribution in [0, 0.1) is 4.91 Å². The van der Waals surface area contributed by atoms with Crippen LogP contribution in [-0.2, 0) is 4.79 Å². The highest BCUT2D eigenvalue weighted by molar-refractivity contribution is 5.96. The predicted molar refractivity (Wildman–Crippen MR) is 105 cm³/mol. The topological polar surface area (TPSA) is 131 Å². The Morgan fingerprint density at radius 2 is 1.82 bits per heavy atom. The van der Waals surface area contributed by atoms with Gasteiger partial charge in [-0.1, -0.05) is 17.3 Å². The van der Waals surface area contributed by atoms with Crippen molar-refractivity contribution in [3.63, 3.8) is 0 Å². The van der Waals surface area contributed by atoms with Gasteiger partial charge in [-0.25, -0.2) is 4.39 Å². The number of hydrogen-bond donors (Lipinski definition) is 3. The predicted octanol–water partition coefficient (Wildman–Crippen LogP) is 1.29. The summed E-state index contributed by atoms with van der Waals surface area (Å²) >= 11 is 0. The van der Waals surface area contributed by atoms with E-state index in [9.17, 15) is 18.9 Å². The van der Waals surface area contributed by atoms with Crippen LogP contribution in [0.2, 0.25) is 0 Å². The molecule has 1 aromatic rings. The van der Waals surface area contributed by atoms with Gasteiger partial charge in [0.1, 0.15) is 12.2 Å². The van der Waals surface area contributed by atoms with Gasteiger partial charge < -0.3 is 21.7 Å². The molecule has 0 radical (unpaired) electrons. The summed E-state index contributed by atoms with van der Waals surface area (Å²) in [5.41, 5.74) is 11.1. The van der Waals surface area contributed by atoms with Crippen LogP contribution >= 0.6 is 0 Å². The fourth-order valence-corrected chi connectivity index (χ4v) is 2.87. The highest BCUT2D eigenvalue weighted by Crippen LogP contribution is 2.26. The van der Waals surface area contributed by atoms with Crippen molar-refractivity contribution >= 4 is 17.5 Å². The molecule has 0 aliphatic carbocycles. The molecule has 0 saturated carbocycles. The van der Waals surface area contributed by atoms with Crippen molar-refractivity contribution in [2.45, 2.75) is 18.5 Å². The molecule has 0 unspecified atom stereocenters. The zero-order valence-corrected chi connectivity index (χ0v) is 15.4. The lowest BCUT2D eigenvalue weighted by Gasteiger charge is -2.35. The number of carbonyl (C=O) groups is 2. The third-order valence-corrected chi connectivity index (χ3v) is 4.63. The number of halogens is 1. The normalized spacial score (nSPS) is 16.8. The second kappa shape index (κ2) is 9.63. The first-order valence-electron chi connectivity index (χ1n) is 8.87. The minimum atomic E-state index is -1.64. The van der Waals surface area contributed by atoms with Gasteiger partial charge in [0.05, 0.1) is 6.54 Å². The van der Waals surface area contributed by atoms with E-state index in [-0.39, 0.29) is 38.4 Å². The Morgan fingerprint density at radius 1 is 1.21 bits per heavy atom. The minimum absolute atomic E-state index is 0.0637. The third kappa shape index (κ3) is 5.63. The maximum absolute atomic E-state index is 14.2. The Kier molecular flexibility index (Phi) is 7.25. The summed E-state index contributed by atoms with van der Waals surface area (Å²) in [6, 6.07) is 6.60. The number of likely N-dealkylation sites (tertiary alicyclic amines) is 1. The maximum atomic E-state index is 14.2. The molecule has 2 rings (SSSR count). The number of nitrogens with zero attached hydrogens (tertiary/aromatic N) is 2. The van der Waals surface area contributed by atoms with Crippen molar-refractivity contribution < 1.29 is 14.0 Å². The molecule has 2 amide bonds. The van der Waals surface area contributed by atoms with E-state index in [0.717, 1.165) is 5.56 Å². The van der Waals surface area contributed by atoms with Crippen LogP contribution in [0.4, 0.5) is 4.39 Å². The molecule has 1 fully saturated rings. The molecule has 1 aromatic carbocycles. The average Bonchev–Trinajstić information content (AvgIpc) is 2.70. The van der Waals surface area contributed by atoms with Gasteiger partial charge >= 0.3 is 0 Å². The maximum Gasteiger partial charge on any atom is 0.251 e. The molecule has 0 aromatic heterocycles. The Morgan fingerprint density at radius 3 is 2.39 bits per heavy atom. The van der Waals surface area contributed by atoms with E-state index in [1.165, 1.54) is 11.1 Å². The van der Waals surface area contributed by atoms with Crippen LogP contribution < -0.4 is 16.8 Å². The molecule has 1 saturated heterocycles. The molecule has 1 aliphatic heterocycles. The number of benzene rings is 1. The summed E-state index contributed by atoms with van der Waals surface area (Å²) in [5, 5.41) is 5.18. The fourth-order valence-electron chi connectivity index (χ4n) is 2.87. The van der Waals surface area contributed by atoms with Crippen molar-refractivity contribution in [2.24, 2.45) is 16.6 Å². The fraction of sp³-hybridized carbons (Fsp3) is 0.368. The van der Waals surface area contributed by atoms with Gasteiger partial charge in [0.25, 0.3) is 5.91 Å². The summed E-state index contributed by atoms with van der Waals surface area (Å²) in [4.78, 5) is 36.2. The van der Waals surface area contributed by atoms with Crippen molar-refractivity contribution in [2.75, 3.05) is 26.2 Å². The van der Waals surface area contributed by atoms with Crippen molar-refractivity contribution in [3.05, 3.63) is 58.7 Å². The van der Waals surface area contributed by atoms with E-state index in [1.54, 1.807) is 36.4 Å². The van der Waals surface area contributed by atoms with Gasteiger partial charge in [-0.3, -0.25) is 9.59 Å². The molecule has 0 spiro atoms. The molecule has 5 N–H and O–H groups in total. The summed E-state index contributed by atoms with van der Waals surface area (Å²) < 4.78 is 14.2. The lowest BCUT2D eigenvalue weighted by Crippen LogP contribution is -2.48. The zero-order chi connectivity index (χ0) is 20.6. The standard InChI is InChI=1S/C19H24FN5O3/c20-19(13-24-28)7-10-25(11-8-19)17(26)12-23-18(27)15-5-3-14(4-6-15)16(22)2-1-9-21/h1-6,9H,7-8,10-13,21-22H2,(H,23,27)/b9-1-,16-2-. The molecular weight excluding hydrogens is 365 g/mol.